The number of aromatic nitrogens is 1. The molecule has 0 amide bonds. The van der Waals surface area contributed by atoms with Gasteiger partial charge in [-0.3, -0.25) is 10.4 Å². The van der Waals surface area contributed by atoms with Crippen LogP contribution >= 0.6 is 11.6 Å². The van der Waals surface area contributed by atoms with Gasteiger partial charge in [0, 0.05) is 22.3 Å². The molecule has 0 unspecified atom stereocenters. The number of anilines is 1. The zero-order valence-electron chi connectivity index (χ0n) is 12.3. The van der Waals surface area contributed by atoms with Crippen LogP contribution in [0.25, 0.3) is 11.1 Å². The van der Waals surface area contributed by atoms with Crippen molar-refractivity contribution in [3.8, 4) is 11.1 Å². The third-order valence-electron chi connectivity index (χ3n) is 3.82. The van der Waals surface area contributed by atoms with Gasteiger partial charge in [-0.25, -0.2) is 4.99 Å². The summed E-state index contributed by atoms with van der Waals surface area (Å²) in [6, 6.07) is 18.0. The summed E-state index contributed by atoms with van der Waals surface area (Å²) in [6.07, 6.45) is 3.81. The Labute approximate surface area is 139 Å². The smallest absolute Gasteiger partial charge is 0.137 e. The minimum absolute atomic E-state index is 0.724. The standard InChI is InChI=1S/C18H15ClN4/c19-14-6-8-15(9-7-14)22-23-11-17-16(10-20-18(17)21-12-23)13-4-2-1-3-5-13/h1-10,12,20,22H,11H2. The molecule has 0 bridgehead atoms. The van der Waals surface area contributed by atoms with E-state index in [2.05, 4.69) is 27.5 Å². The van der Waals surface area contributed by atoms with E-state index in [9.17, 15) is 0 Å². The number of rotatable bonds is 3. The molecule has 3 aromatic rings. The van der Waals surface area contributed by atoms with Crippen molar-refractivity contribution in [3.63, 3.8) is 0 Å². The quantitative estimate of drug-likeness (QED) is 0.724. The summed E-state index contributed by atoms with van der Waals surface area (Å²) in [5, 5.41) is 2.69. The molecule has 0 saturated carbocycles. The summed E-state index contributed by atoms with van der Waals surface area (Å²) >= 11 is 5.92. The summed E-state index contributed by atoms with van der Waals surface area (Å²) in [7, 11) is 0. The van der Waals surface area contributed by atoms with Crippen molar-refractivity contribution in [2.24, 2.45) is 4.99 Å². The Morgan fingerprint density at radius 1 is 1.04 bits per heavy atom. The van der Waals surface area contributed by atoms with Crippen LogP contribution in [-0.2, 0) is 6.54 Å². The molecule has 4 nitrogen and oxygen atoms in total. The van der Waals surface area contributed by atoms with Gasteiger partial charge in [-0.2, -0.15) is 0 Å². The van der Waals surface area contributed by atoms with E-state index >= 15 is 0 Å². The predicted molar refractivity (Wildman–Crippen MR) is 95.0 cm³/mol. The summed E-state index contributed by atoms with van der Waals surface area (Å²) in [6.45, 7) is 0.731. The molecule has 0 aliphatic carbocycles. The number of aromatic amines is 1. The molecule has 0 saturated heterocycles. The second-order valence-electron chi connectivity index (χ2n) is 5.39. The molecule has 114 valence electrons. The first kappa shape index (κ1) is 13.9. The Hall–Kier alpha value is -2.72. The monoisotopic (exact) mass is 322 g/mol. The molecule has 0 fully saturated rings. The third kappa shape index (κ3) is 2.81. The van der Waals surface area contributed by atoms with Gasteiger partial charge in [0.15, 0.2) is 0 Å². The zero-order valence-corrected chi connectivity index (χ0v) is 13.1. The fourth-order valence-electron chi connectivity index (χ4n) is 2.69. The SMILES string of the molecule is Clc1ccc(NN2C=Nc3[nH]cc(-c4ccccc4)c3C2)cc1. The van der Waals surface area contributed by atoms with E-state index in [0.717, 1.165) is 23.1 Å². The lowest BCUT2D eigenvalue weighted by Gasteiger charge is -2.25. The molecular formula is C18H15ClN4. The van der Waals surface area contributed by atoms with Gasteiger partial charge in [-0.1, -0.05) is 41.9 Å². The molecule has 2 heterocycles. The number of benzene rings is 2. The van der Waals surface area contributed by atoms with Crippen molar-refractivity contribution in [1.29, 1.82) is 0 Å². The second kappa shape index (κ2) is 5.82. The summed E-state index contributed by atoms with van der Waals surface area (Å²) in [4.78, 5) is 7.74. The van der Waals surface area contributed by atoms with Crippen LogP contribution in [0.15, 0.2) is 65.8 Å². The topological polar surface area (TPSA) is 43.4 Å². The van der Waals surface area contributed by atoms with Crippen LogP contribution in [0, 0.1) is 0 Å². The van der Waals surface area contributed by atoms with Crippen LogP contribution in [-0.4, -0.2) is 16.3 Å². The van der Waals surface area contributed by atoms with Gasteiger partial charge in [0.2, 0.25) is 0 Å². The third-order valence-corrected chi connectivity index (χ3v) is 4.07. The fraction of sp³-hybridized carbons (Fsp3) is 0.0556. The predicted octanol–water partition coefficient (Wildman–Crippen LogP) is 4.84. The Balaban J connectivity index is 1.59. The van der Waals surface area contributed by atoms with E-state index in [1.165, 1.54) is 16.7 Å². The van der Waals surface area contributed by atoms with Crippen molar-refractivity contribution < 1.29 is 0 Å². The largest absolute Gasteiger partial charge is 0.346 e. The zero-order chi connectivity index (χ0) is 15.6. The van der Waals surface area contributed by atoms with E-state index < -0.39 is 0 Å². The summed E-state index contributed by atoms with van der Waals surface area (Å²) in [5.74, 6) is 0.915. The number of hydrogen-bond acceptors (Lipinski definition) is 3. The molecule has 4 rings (SSSR count). The van der Waals surface area contributed by atoms with E-state index in [4.69, 9.17) is 11.6 Å². The first-order valence-electron chi connectivity index (χ1n) is 7.38. The van der Waals surface area contributed by atoms with Crippen molar-refractivity contribution in [3.05, 3.63) is 71.4 Å². The lowest BCUT2D eigenvalue weighted by Crippen LogP contribution is -2.29. The average molecular weight is 323 g/mol. The minimum atomic E-state index is 0.724. The maximum Gasteiger partial charge on any atom is 0.137 e. The van der Waals surface area contributed by atoms with Gasteiger partial charge in [0.1, 0.15) is 12.2 Å². The normalized spacial score (nSPS) is 13.0. The van der Waals surface area contributed by atoms with Crippen molar-refractivity contribution >= 4 is 29.4 Å². The Bertz CT molecular complexity index is 837. The van der Waals surface area contributed by atoms with Crippen LogP contribution in [0.4, 0.5) is 11.5 Å². The minimum Gasteiger partial charge on any atom is -0.346 e. The van der Waals surface area contributed by atoms with Gasteiger partial charge >= 0.3 is 0 Å². The Morgan fingerprint density at radius 3 is 2.61 bits per heavy atom. The van der Waals surface area contributed by atoms with Crippen LogP contribution < -0.4 is 5.43 Å². The summed E-state index contributed by atoms with van der Waals surface area (Å²) < 4.78 is 0. The maximum atomic E-state index is 5.92. The lowest BCUT2D eigenvalue weighted by molar-refractivity contribution is 0.500. The fourth-order valence-corrected chi connectivity index (χ4v) is 2.82. The molecule has 1 aliphatic rings. The van der Waals surface area contributed by atoms with E-state index in [1.807, 2.05) is 53.7 Å². The summed E-state index contributed by atoms with van der Waals surface area (Å²) in [5.41, 5.74) is 7.85. The number of hydrazine groups is 1. The molecule has 0 spiro atoms. The number of nitrogens with zero attached hydrogens (tertiary/aromatic N) is 2. The maximum absolute atomic E-state index is 5.92. The molecule has 1 aromatic heterocycles. The molecular weight excluding hydrogens is 308 g/mol. The number of H-pyrrole nitrogens is 1. The van der Waals surface area contributed by atoms with Crippen LogP contribution in [0.2, 0.25) is 5.02 Å². The molecule has 23 heavy (non-hydrogen) atoms. The molecule has 0 radical (unpaired) electrons. The Morgan fingerprint density at radius 2 is 1.83 bits per heavy atom. The van der Waals surface area contributed by atoms with Crippen LogP contribution in [0.3, 0.4) is 0 Å². The van der Waals surface area contributed by atoms with Gasteiger partial charge in [-0.05, 0) is 29.8 Å². The van der Waals surface area contributed by atoms with Gasteiger partial charge in [-0.15, -0.1) is 0 Å². The van der Waals surface area contributed by atoms with Crippen molar-refractivity contribution in [2.75, 3.05) is 5.43 Å². The average Bonchev–Trinajstić information content (AvgIpc) is 3.01. The highest BCUT2D eigenvalue weighted by Crippen LogP contribution is 2.33. The first-order valence-corrected chi connectivity index (χ1v) is 7.76. The van der Waals surface area contributed by atoms with Gasteiger partial charge < -0.3 is 4.98 Å². The van der Waals surface area contributed by atoms with E-state index in [1.54, 1.807) is 6.34 Å². The molecule has 0 atom stereocenters. The van der Waals surface area contributed by atoms with Gasteiger partial charge in [0.05, 0.1) is 12.2 Å². The first-order chi connectivity index (χ1) is 11.3. The van der Waals surface area contributed by atoms with E-state index in [0.29, 0.717) is 0 Å². The molecule has 5 heteroatoms. The highest BCUT2D eigenvalue weighted by atomic mass is 35.5. The second-order valence-corrected chi connectivity index (χ2v) is 5.82. The Kier molecular flexibility index (Phi) is 3.52. The number of nitrogens with one attached hydrogen (secondary N) is 2. The lowest BCUT2D eigenvalue weighted by atomic mass is 10.0. The molecule has 2 aromatic carbocycles. The number of aliphatic imine (C=N–C) groups is 1. The molecule has 1 aliphatic heterocycles. The number of fused-ring (bicyclic) bond motifs is 1. The van der Waals surface area contributed by atoms with Crippen molar-refractivity contribution in [1.82, 2.24) is 9.99 Å². The van der Waals surface area contributed by atoms with Gasteiger partial charge in [0.25, 0.3) is 0 Å². The van der Waals surface area contributed by atoms with Crippen LogP contribution in [0.1, 0.15) is 5.56 Å². The van der Waals surface area contributed by atoms with Crippen LogP contribution in [0.5, 0.6) is 0 Å². The van der Waals surface area contributed by atoms with E-state index in [-0.39, 0.29) is 0 Å². The highest BCUT2D eigenvalue weighted by Gasteiger charge is 2.18. The highest BCUT2D eigenvalue weighted by molar-refractivity contribution is 6.30. The van der Waals surface area contributed by atoms with Crippen molar-refractivity contribution in [2.45, 2.75) is 6.54 Å². The number of hydrogen-bond donors (Lipinski definition) is 2. The molecule has 2 N–H and O–H groups in total. The number of halogens is 1.